The van der Waals surface area contributed by atoms with Gasteiger partial charge in [-0.25, -0.2) is 22.7 Å². The smallest absolute Gasteiger partial charge is 0.475 e. The lowest BCUT2D eigenvalue weighted by Crippen LogP contribution is -2.50. The molecule has 0 bridgehead atoms. The first-order chi connectivity index (χ1) is 17.8. The minimum Gasteiger partial charge on any atom is -0.475 e. The van der Waals surface area contributed by atoms with Gasteiger partial charge in [0.25, 0.3) is 0 Å². The fraction of sp³-hybridized carbons (Fsp3) is 0.348. The Morgan fingerprint density at radius 3 is 2.03 bits per heavy atom. The predicted molar refractivity (Wildman–Crippen MR) is 130 cm³/mol. The van der Waals surface area contributed by atoms with Gasteiger partial charge in [-0.2, -0.15) is 13.2 Å². The number of carbonyl (C=O) groups is 3. The first-order valence-corrected chi connectivity index (χ1v) is 12.6. The van der Waals surface area contributed by atoms with Crippen molar-refractivity contribution in [3.8, 4) is 0 Å². The number of carbonyl (C=O) groups excluding carboxylic acids is 2. The Morgan fingerprint density at radius 1 is 0.974 bits per heavy atom. The average Bonchev–Trinajstić information content (AvgIpc) is 2.88. The molecule has 11 nitrogen and oxygen atoms in total. The van der Waals surface area contributed by atoms with Crippen molar-refractivity contribution >= 4 is 33.7 Å². The molecule has 38 heavy (non-hydrogen) atoms. The van der Waals surface area contributed by atoms with Crippen molar-refractivity contribution in [1.29, 1.82) is 0 Å². The molecule has 1 aliphatic rings. The van der Waals surface area contributed by atoms with Crippen LogP contribution in [-0.4, -0.2) is 87.3 Å². The molecule has 2 aromatic carbocycles. The van der Waals surface area contributed by atoms with Crippen LogP contribution in [0.25, 0.3) is 0 Å². The molecule has 3 N–H and O–H groups in total. The lowest BCUT2D eigenvalue weighted by atomic mass is 10.2. The highest BCUT2D eigenvalue weighted by Crippen LogP contribution is 2.15. The molecule has 15 heteroatoms. The average molecular weight is 561 g/mol. The maximum absolute atomic E-state index is 12.5. The van der Waals surface area contributed by atoms with Crippen molar-refractivity contribution in [1.82, 2.24) is 14.5 Å². The molecule has 1 saturated heterocycles. The summed E-state index contributed by atoms with van der Waals surface area (Å²) in [6.45, 7) is 3.12. The standard InChI is InChI=1S/C21H26N4O5S.C2HF3O2/c1-30-21(27)23-18-7-9-19(10-8-18)31(28,29)22-15-20(26)25-13-11-24(12-14-25)16-17-5-3-2-4-6-17;3-2(4,5)1(6)7/h2-10,22H,11-16H2,1H3,(H,23,27);(H,6,7). The van der Waals surface area contributed by atoms with Crippen molar-refractivity contribution in [2.45, 2.75) is 17.6 Å². The number of nitrogens with one attached hydrogen (secondary N) is 2. The lowest BCUT2D eigenvalue weighted by Gasteiger charge is -2.34. The van der Waals surface area contributed by atoms with E-state index in [0.717, 1.165) is 19.6 Å². The van der Waals surface area contributed by atoms with E-state index in [1.165, 1.54) is 36.9 Å². The van der Waals surface area contributed by atoms with Gasteiger partial charge >= 0.3 is 18.2 Å². The van der Waals surface area contributed by atoms with Crippen LogP contribution < -0.4 is 10.0 Å². The van der Waals surface area contributed by atoms with Gasteiger partial charge in [0.05, 0.1) is 18.6 Å². The Morgan fingerprint density at radius 2 is 1.53 bits per heavy atom. The van der Waals surface area contributed by atoms with Crippen LogP contribution in [-0.2, 0) is 30.9 Å². The number of rotatable bonds is 7. The monoisotopic (exact) mass is 560 g/mol. The number of ether oxygens (including phenoxy) is 1. The zero-order valence-corrected chi connectivity index (χ0v) is 21.1. The zero-order valence-electron chi connectivity index (χ0n) is 20.3. The minimum absolute atomic E-state index is 0.00314. The summed E-state index contributed by atoms with van der Waals surface area (Å²) in [5, 5.41) is 9.57. The number of hydrogen-bond donors (Lipinski definition) is 3. The molecule has 0 unspecified atom stereocenters. The van der Waals surface area contributed by atoms with E-state index in [4.69, 9.17) is 9.90 Å². The third kappa shape index (κ3) is 9.99. The number of methoxy groups -OCH3 is 1. The number of sulfonamides is 1. The largest absolute Gasteiger partial charge is 0.490 e. The minimum atomic E-state index is -5.08. The molecule has 1 fully saturated rings. The Hall–Kier alpha value is -3.69. The quantitative estimate of drug-likeness (QED) is 0.467. The van der Waals surface area contributed by atoms with Crippen LogP contribution in [0.5, 0.6) is 0 Å². The second kappa shape index (κ2) is 13.7. The van der Waals surface area contributed by atoms with Gasteiger partial charge in [-0.3, -0.25) is 15.0 Å². The number of hydrogen-bond acceptors (Lipinski definition) is 7. The molecule has 1 aliphatic heterocycles. The van der Waals surface area contributed by atoms with E-state index in [9.17, 15) is 31.2 Å². The highest BCUT2D eigenvalue weighted by atomic mass is 32.2. The summed E-state index contributed by atoms with van der Waals surface area (Å²) >= 11 is 0. The molecule has 0 atom stereocenters. The zero-order chi connectivity index (χ0) is 28.3. The lowest BCUT2D eigenvalue weighted by molar-refractivity contribution is -0.192. The number of anilines is 1. The van der Waals surface area contributed by atoms with Crippen LogP contribution in [0.4, 0.5) is 23.7 Å². The van der Waals surface area contributed by atoms with E-state index in [-0.39, 0.29) is 17.3 Å². The van der Waals surface area contributed by atoms with Crippen LogP contribution in [0.2, 0.25) is 0 Å². The number of amides is 2. The second-order valence-corrected chi connectivity index (χ2v) is 9.68. The van der Waals surface area contributed by atoms with Crippen molar-refractivity contribution in [2.75, 3.05) is 45.2 Å². The number of carboxylic acids is 1. The molecule has 2 aromatic rings. The molecular formula is C23H27F3N4O7S. The molecule has 208 valence electrons. The number of piperazine rings is 1. The van der Waals surface area contributed by atoms with Gasteiger partial charge in [0.15, 0.2) is 0 Å². The van der Waals surface area contributed by atoms with Gasteiger partial charge in [-0.05, 0) is 29.8 Å². The van der Waals surface area contributed by atoms with Gasteiger partial charge in [-0.15, -0.1) is 0 Å². The van der Waals surface area contributed by atoms with E-state index in [0.29, 0.717) is 18.8 Å². The molecule has 1 heterocycles. The molecule has 0 aromatic heterocycles. The molecule has 3 rings (SSSR count). The van der Waals surface area contributed by atoms with Crippen molar-refractivity contribution in [3.05, 3.63) is 60.2 Å². The van der Waals surface area contributed by atoms with E-state index >= 15 is 0 Å². The molecule has 0 saturated carbocycles. The van der Waals surface area contributed by atoms with Crippen LogP contribution in [0.3, 0.4) is 0 Å². The second-order valence-electron chi connectivity index (χ2n) is 7.91. The fourth-order valence-electron chi connectivity index (χ4n) is 3.24. The Bertz CT molecular complexity index is 1190. The van der Waals surface area contributed by atoms with Gasteiger partial charge in [0, 0.05) is 38.4 Å². The third-order valence-corrected chi connectivity index (χ3v) is 6.64. The van der Waals surface area contributed by atoms with E-state index in [1.807, 2.05) is 18.2 Å². The Labute approximate surface area is 217 Å². The predicted octanol–water partition coefficient (Wildman–Crippen LogP) is 2.12. The summed E-state index contributed by atoms with van der Waals surface area (Å²) in [5.74, 6) is -3.01. The number of halogens is 3. The molecule has 2 amide bonds. The van der Waals surface area contributed by atoms with Crippen LogP contribution in [0.15, 0.2) is 59.5 Å². The maximum atomic E-state index is 12.5. The van der Waals surface area contributed by atoms with Gasteiger partial charge in [-0.1, -0.05) is 30.3 Å². The summed E-state index contributed by atoms with van der Waals surface area (Å²) in [6.07, 6.45) is -5.73. The normalized spacial score (nSPS) is 14.2. The molecular weight excluding hydrogens is 533 g/mol. The Kier molecular flexibility index (Phi) is 11.0. The van der Waals surface area contributed by atoms with Crippen molar-refractivity contribution in [3.63, 3.8) is 0 Å². The van der Waals surface area contributed by atoms with Crippen LogP contribution in [0.1, 0.15) is 5.56 Å². The van der Waals surface area contributed by atoms with E-state index in [1.54, 1.807) is 4.90 Å². The topological polar surface area (TPSA) is 145 Å². The highest BCUT2D eigenvalue weighted by molar-refractivity contribution is 7.89. The maximum Gasteiger partial charge on any atom is 0.490 e. The van der Waals surface area contributed by atoms with E-state index < -0.39 is 28.3 Å². The molecule has 0 aliphatic carbocycles. The summed E-state index contributed by atoms with van der Waals surface area (Å²) in [7, 11) is -2.61. The summed E-state index contributed by atoms with van der Waals surface area (Å²) < 4.78 is 63.5. The van der Waals surface area contributed by atoms with Gasteiger partial charge < -0.3 is 14.7 Å². The van der Waals surface area contributed by atoms with Crippen molar-refractivity contribution < 1.29 is 45.8 Å². The van der Waals surface area contributed by atoms with Crippen LogP contribution in [0, 0.1) is 0 Å². The third-order valence-electron chi connectivity index (χ3n) is 5.23. The van der Waals surface area contributed by atoms with Crippen LogP contribution >= 0.6 is 0 Å². The first-order valence-electron chi connectivity index (χ1n) is 11.1. The summed E-state index contributed by atoms with van der Waals surface area (Å²) in [6, 6.07) is 15.7. The summed E-state index contributed by atoms with van der Waals surface area (Å²) in [4.78, 5) is 36.5. The number of benzene rings is 2. The first kappa shape index (κ1) is 30.5. The molecule has 0 radical (unpaired) electrons. The summed E-state index contributed by atoms with van der Waals surface area (Å²) in [5.41, 5.74) is 1.62. The SMILES string of the molecule is COC(=O)Nc1ccc(S(=O)(=O)NCC(=O)N2CCN(Cc3ccccc3)CC2)cc1.O=C(O)C(F)(F)F. The number of aliphatic carboxylic acids is 1. The highest BCUT2D eigenvalue weighted by Gasteiger charge is 2.38. The number of carboxylic acid groups (broad SMARTS) is 1. The van der Waals surface area contributed by atoms with Crippen molar-refractivity contribution in [2.24, 2.45) is 0 Å². The van der Waals surface area contributed by atoms with Gasteiger partial charge in [0.1, 0.15) is 0 Å². The fourth-order valence-corrected chi connectivity index (χ4v) is 4.21. The molecule has 0 spiro atoms. The number of nitrogens with zero attached hydrogens (tertiary/aromatic N) is 2. The Balaban J connectivity index is 0.000000638. The van der Waals surface area contributed by atoms with E-state index in [2.05, 4.69) is 31.8 Å². The van der Waals surface area contributed by atoms with Gasteiger partial charge in [0.2, 0.25) is 15.9 Å². The number of alkyl halides is 3.